The minimum Gasteiger partial charge on any atom is -0.353 e. The standard InChI is InChI=1S/C15H24N2O/c18-15(9-4-5-16-8-9)17-14-7-10-6-13(14)12-3-1-2-11(10)12/h9-14,16H,1-8H2,(H,17,18). The number of carbonyl (C=O) groups excluding carboxylic acids is 1. The van der Waals surface area contributed by atoms with E-state index in [1.54, 1.807) is 0 Å². The fraction of sp³-hybridized carbons (Fsp3) is 0.933. The number of rotatable bonds is 2. The summed E-state index contributed by atoms with van der Waals surface area (Å²) in [4.78, 5) is 12.2. The van der Waals surface area contributed by atoms with E-state index in [0.29, 0.717) is 11.9 Å². The van der Waals surface area contributed by atoms with Crippen LogP contribution >= 0.6 is 0 Å². The number of fused-ring (bicyclic) bond motifs is 5. The molecule has 0 aromatic rings. The van der Waals surface area contributed by atoms with Crippen molar-refractivity contribution in [1.82, 2.24) is 10.6 Å². The molecule has 3 nitrogen and oxygen atoms in total. The first kappa shape index (κ1) is 11.3. The van der Waals surface area contributed by atoms with Crippen LogP contribution in [0.1, 0.15) is 38.5 Å². The minimum absolute atomic E-state index is 0.239. The predicted octanol–water partition coefficient (Wildman–Crippen LogP) is 1.54. The van der Waals surface area contributed by atoms with E-state index in [9.17, 15) is 4.79 Å². The molecule has 100 valence electrons. The van der Waals surface area contributed by atoms with E-state index < -0.39 is 0 Å². The van der Waals surface area contributed by atoms with Gasteiger partial charge in [0.15, 0.2) is 0 Å². The Kier molecular flexibility index (Phi) is 2.65. The number of hydrogen-bond donors (Lipinski definition) is 2. The van der Waals surface area contributed by atoms with Crippen molar-refractivity contribution >= 4 is 5.91 Å². The molecule has 6 unspecified atom stereocenters. The first-order chi connectivity index (χ1) is 8.83. The van der Waals surface area contributed by atoms with Crippen LogP contribution in [0.4, 0.5) is 0 Å². The molecule has 2 bridgehead atoms. The maximum absolute atomic E-state index is 12.2. The Morgan fingerprint density at radius 1 is 1.06 bits per heavy atom. The molecule has 1 saturated heterocycles. The van der Waals surface area contributed by atoms with Crippen LogP contribution in [0.2, 0.25) is 0 Å². The molecule has 0 aromatic carbocycles. The molecular weight excluding hydrogens is 224 g/mol. The van der Waals surface area contributed by atoms with Crippen LogP contribution in [0.15, 0.2) is 0 Å². The van der Waals surface area contributed by atoms with Crippen LogP contribution in [0.25, 0.3) is 0 Å². The van der Waals surface area contributed by atoms with E-state index in [0.717, 1.165) is 43.2 Å². The van der Waals surface area contributed by atoms with Gasteiger partial charge < -0.3 is 10.6 Å². The molecule has 3 aliphatic carbocycles. The average molecular weight is 248 g/mol. The first-order valence-electron chi connectivity index (χ1n) is 7.84. The molecule has 1 heterocycles. The zero-order chi connectivity index (χ0) is 12.1. The Labute approximate surface area is 109 Å². The summed E-state index contributed by atoms with van der Waals surface area (Å²) in [6.07, 6.45) is 8.05. The Hall–Kier alpha value is -0.570. The molecule has 2 N–H and O–H groups in total. The fourth-order valence-corrected chi connectivity index (χ4v) is 5.41. The van der Waals surface area contributed by atoms with E-state index in [2.05, 4.69) is 10.6 Å². The van der Waals surface area contributed by atoms with E-state index >= 15 is 0 Å². The zero-order valence-corrected chi connectivity index (χ0v) is 11.0. The van der Waals surface area contributed by atoms with Crippen molar-refractivity contribution in [3.05, 3.63) is 0 Å². The molecule has 4 fully saturated rings. The van der Waals surface area contributed by atoms with Crippen molar-refractivity contribution in [2.24, 2.45) is 29.6 Å². The van der Waals surface area contributed by atoms with E-state index in [1.807, 2.05) is 0 Å². The summed E-state index contributed by atoms with van der Waals surface area (Å²) in [6, 6.07) is 0.516. The highest BCUT2D eigenvalue weighted by Crippen LogP contribution is 2.58. The van der Waals surface area contributed by atoms with Crippen LogP contribution in [0.5, 0.6) is 0 Å². The van der Waals surface area contributed by atoms with Gasteiger partial charge in [-0.2, -0.15) is 0 Å². The first-order valence-corrected chi connectivity index (χ1v) is 7.84. The zero-order valence-electron chi connectivity index (χ0n) is 11.0. The van der Waals surface area contributed by atoms with Gasteiger partial charge in [-0.1, -0.05) is 6.42 Å². The van der Waals surface area contributed by atoms with Gasteiger partial charge in [0.25, 0.3) is 0 Å². The van der Waals surface area contributed by atoms with E-state index in [-0.39, 0.29) is 5.92 Å². The predicted molar refractivity (Wildman–Crippen MR) is 70.0 cm³/mol. The highest BCUT2D eigenvalue weighted by atomic mass is 16.2. The van der Waals surface area contributed by atoms with Gasteiger partial charge in [0.05, 0.1) is 5.92 Å². The molecule has 6 atom stereocenters. The molecule has 4 aliphatic rings. The van der Waals surface area contributed by atoms with Gasteiger partial charge in [0.1, 0.15) is 0 Å². The second-order valence-corrected chi connectivity index (χ2v) is 6.96. The molecule has 0 spiro atoms. The van der Waals surface area contributed by atoms with Gasteiger partial charge in [-0.3, -0.25) is 4.79 Å². The Bertz CT molecular complexity index is 350. The SMILES string of the molecule is O=C(NC1CC2CC1C1CCCC21)C1CCNC1. The van der Waals surface area contributed by atoms with E-state index in [4.69, 9.17) is 0 Å². The lowest BCUT2D eigenvalue weighted by atomic mass is 9.79. The Morgan fingerprint density at radius 2 is 1.94 bits per heavy atom. The second kappa shape index (κ2) is 4.22. The van der Waals surface area contributed by atoms with Crippen LogP contribution in [0.3, 0.4) is 0 Å². The Morgan fingerprint density at radius 3 is 2.78 bits per heavy atom. The Balaban J connectivity index is 1.40. The maximum atomic E-state index is 12.2. The van der Waals surface area contributed by atoms with Gasteiger partial charge in [-0.05, 0) is 62.3 Å². The van der Waals surface area contributed by atoms with Gasteiger partial charge in [-0.15, -0.1) is 0 Å². The van der Waals surface area contributed by atoms with Gasteiger partial charge >= 0.3 is 0 Å². The van der Waals surface area contributed by atoms with Crippen LogP contribution in [0, 0.1) is 29.6 Å². The quantitative estimate of drug-likeness (QED) is 0.778. The summed E-state index contributed by atoms with van der Waals surface area (Å²) >= 11 is 0. The average Bonchev–Trinajstić information content (AvgIpc) is 3.11. The van der Waals surface area contributed by atoms with Crippen LogP contribution < -0.4 is 10.6 Å². The minimum atomic E-state index is 0.239. The smallest absolute Gasteiger partial charge is 0.224 e. The largest absolute Gasteiger partial charge is 0.353 e. The summed E-state index contributed by atoms with van der Waals surface area (Å²) in [7, 11) is 0. The number of amides is 1. The van der Waals surface area contributed by atoms with Crippen LogP contribution in [-0.4, -0.2) is 25.0 Å². The summed E-state index contributed by atoms with van der Waals surface area (Å²) < 4.78 is 0. The molecular formula is C15H24N2O. The summed E-state index contributed by atoms with van der Waals surface area (Å²) in [5.74, 6) is 4.30. The van der Waals surface area contributed by atoms with Crippen molar-refractivity contribution in [1.29, 1.82) is 0 Å². The molecule has 0 radical (unpaired) electrons. The third-order valence-corrected chi connectivity index (χ3v) is 6.19. The fourth-order valence-electron chi connectivity index (χ4n) is 5.41. The molecule has 3 heteroatoms. The molecule has 1 aliphatic heterocycles. The monoisotopic (exact) mass is 248 g/mol. The van der Waals surface area contributed by atoms with Crippen molar-refractivity contribution in [3.8, 4) is 0 Å². The van der Waals surface area contributed by atoms with Crippen molar-refractivity contribution in [3.63, 3.8) is 0 Å². The molecule has 4 rings (SSSR count). The lowest BCUT2D eigenvalue weighted by Crippen LogP contribution is -2.45. The van der Waals surface area contributed by atoms with Gasteiger partial charge in [0.2, 0.25) is 5.91 Å². The summed E-state index contributed by atoms with van der Waals surface area (Å²) in [5, 5.41) is 6.67. The highest BCUT2D eigenvalue weighted by molar-refractivity contribution is 5.79. The molecule has 0 aromatic heterocycles. The molecule has 1 amide bonds. The third-order valence-electron chi connectivity index (χ3n) is 6.19. The molecule has 18 heavy (non-hydrogen) atoms. The normalized spacial score (nSPS) is 49.6. The summed E-state index contributed by atoms with van der Waals surface area (Å²) in [5.41, 5.74) is 0. The van der Waals surface area contributed by atoms with Gasteiger partial charge in [-0.25, -0.2) is 0 Å². The number of nitrogens with one attached hydrogen (secondary N) is 2. The van der Waals surface area contributed by atoms with Crippen LogP contribution in [-0.2, 0) is 4.79 Å². The van der Waals surface area contributed by atoms with Crippen molar-refractivity contribution < 1.29 is 4.79 Å². The molecule has 3 saturated carbocycles. The maximum Gasteiger partial charge on any atom is 0.224 e. The number of hydrogen-bond acceptors (Lipinski definition) is 2. The lowest BCUT2D eigenvalue weighted by Gasteiger charge is -2.32. The number of carbonyl (C=O) groups is 1. The lowest BCUT2D eigenvalue weighted by molar-refractivity contribution is -0.125. The van der Waals surface area contributed by atoms with Crippen molar-refractivity contribution in [2.75, 3.05) is 13.1 Å². The van der Waals surface area contributed by atoms with Crippen molar-refractivity contribution in [2.45, 2.75) is 44.6 Å². The highest BCUT2D eigenvalue weighted by Gasteiger charge is 2.54. The van der Waals surface area contributed by atoms with Gasteiger partial charge in [0, 0.05) is 12.6 Å². The summed E-state index contributed by atoms with van der Waals surface area (Å²) in [6.45, 7) is 1.90. The third kappa shape index (κ3) is 1.63. The van der Waals surface area contributed by atoms with E-state index in [1.165, 1.54) is 32.1 Å². The topological polar surface area (TPSA) is 41.1 Å². The second-order valence-electron chi connectivity index (χ2n) is 6.96.